The number of amides is 2. The zero-order valence-electron chi connectivity index (χ0n) is 11.7. The molecule has 0 atom stereocenters. The maximum Gasteiger partial charge on any atom is 0.317 e. The molecule has 0 aliphatic rings. The maximum absolute atomic E-state index is 11.6. The number of carbonyl (C=O) groups is 1. The molecule has 0 unspecified atom stereocenters. The zero-order valence-corrected chi connectivity index (χ0v) is 11.7. The predicted molar refractivity (Wildman–Crippen MR) is 75.9 cm³/mol. The fourth-order valence-electron chi connectivity index (χ4n) is 1.71. The Labute approximate surface area is 114 Å². The third kappa shape index (κ3) is 6.22. The van der Waals surface area contributed by atoms with Gasteiger partial charge in [0.25, 0.3) is 0 Å². The molecule has 0 spiro atoms. The molecule has 0 fully saturated rings. The molecule has 1 aromatic carbocycles. The first-order valence-corrected chi connectivity index (χ1v) is 6.45. The van der Waals surface area contributed by atoms with E-state index >= 15 is 0 Å². The number of nitrogens with one attached hydrogen (secondary N) is 1. The summed E-state index contributed by atoms with van der Waals surface area (Å²) in [5, 5.41) is 11.6. The van der Waals surface area contributed by atoms with E-state index in [1.807, 2.05) is 25.2 Å². The summed E-state index contributed by atoms with van der Waals surface area (Å²) < 4.78 is 0. The van der Waals surface area contributed by atoms with Gasteiger partial charge in [0.2, 0.25) is 0 Å². The van der Waals surface area contributed by atoms with Crippen LogP contribution in [0.5, 0.6) is 0 Å². The van der Waals surface area contributed by atoms with Gasteiger partial charge in [-0.05, 0) is 12.6 Å². The Kier molecular flexibility index (Phi) is 6.92. The highest BCUT2D eigenvalue weighted by atomic mass is 16.3. The lowest BCUT2D eigenvalue weighted by molar-refractivity contribution is 0.189. The molecular weight excluding hydrogens is 242 g/mol. The van der Waals surface area contributed by atoms with Crippen LogP contribution < -0.4 is 5.32 Å². The van der Waals surface area contributed by atoms with Crippen molar-refractivity contribution in [3.05, 3.63) is 35.9 Å². The molecule has 0 radical (unpaired) electrons. The summed E-state index contributed by atoms with van der Waals surface area (Å²) in [5.41, 5.74) is 1.26. The van der Waals surface area contributed by atoms with Gasteiger partial charge in [0, 0.05) is 33.2 Å². The fraction of sp³-hybridized carbons (Fsp3) is 0.500. The van der Waals surface area contributed by atoms with Crippen LogP contribution in [-0.4, -0.2) is 61.3 Å². The average molecular weight is 265 g/mol. The molecule has 5 heteroatoms. The molecule has 1 aromatic rings. The van der Waals surface area contributed by atoms with Crippen LogP contribution in [-0.2, 0) is 6.54 Å². The summed E-state index contributed by atoms with van der Waals surface area (Å²) in [6.45, 7) is 2.58. The van der Waals surface area contributed by atoms with Gasteiger partial charge < -0.3 is 20.2 Å². The normalized spacial score (nSPS) is 10.5. The SMILES string of the molecule is CN(CCNC(=O)N(C)CCO)Cc1ccccc1. The summed E-state index contributed by atoms with van der Waals surface area (Å²) >= 11 is 0. The van der Waals surface area contributed by atoms with Crippen molar-refractivity contribution in [2.24, 2.45) is 0 Å². The van der Waals surface area contributed by atoms with Crippen LogP contribution in [0, 0.1) is 0 Å². The van der Waals surface area contributed by atoms with Crippen molar-refractivity contribution in [1.29, 1.82) is 0 Å². The van der Waals surface area contributed by atoms with E-state index in [9.17, 15) is 4.79 Å². The number of likely N-dealkylation sites (N-methyl/N-ethyl adjacent to an activating group) is 2. The van der Waals surface area contributed by atoms with Crippen molar-refractivity contribution in [3.63, 3.8) is 0 Å². The molecule has 0 aromatic heterocycles. The molecule has 0 saturated carbocycles. The van der Waals surface area contributed by atoms with Gasteiger partial charge in [-0.15, -0.1) is 0 Å². The van der Waals surface area contributed by atoms with E-state index in [-0.39, 0.29) is 12.6 Å². The standard InChI is InChI=1S/C14H23N3O2/c1-16(12-13-6-4-3-5-7-13)9-8-15-14(19)17(2)10-11-18/h3-7,18H,8-12H2,1-2H3,(H,15,19). The Hall–Kier alpha value is -1.59. The van der Waals surface area contributed by atoms with E-state index in [0.717, 1.165) is 13.1 Å². The Bertz CT molecular complexity index is 370. The zero-order chi connectivity index (χ0) is 14.1. The quantitative estimate of drug-likeness (QED) is 0.765. The topological polar surface area (TPSA) is 55.8 Å². The highest BCUT2D eigenvalue weighted by Gasteiger charge is 2.07. The number of carbonyl (C=O) groups excluding carboxylic acids is 1. The summed E-state index contributed by atoms with van der Waals surface area (Å²) in [5.74, 6) is 0. The van der Waals surface area contributed by atoms with Crippen molar-refractivity contribution in [2.75, 3.05) is 40.3 Å². The third-order valence-electron chi connectivity index (χ3n) is 2.85. The van der Waals surface area contributed by atoms with Crippen molar-refractivity contribution in [1.82, 2.24) is 15.1 Å². The Morgan fingerprint density at radius 1 is 1.21 bits per heavy atom. The lowest BCUT2D eigenvalue weighted by atomic mass is 10.2. The second-order valence-corrected chi connectivity index (χ2v) is 4.60. The van der Waals surface area contributed by atoms with Crippen molar-refractivity contribution in [3.8, 4) is 0 Å². The smallest absolute Gasteiger partial charge is 0.317 e. The number of aliphatic hydroxyl groups is 1. The van der Waals surface area contributed by atoms with Crippen molar-refractivity contribution >= 4 is 6.03 Å². The minimum Gasteiger partial charge on any atom is -0.395 e. The molecule has 0 aliphatic heterocycles. The van der Waals surface area contributed by atoms with Gasteiger partial charge in [-0.1, -0.05) is 30.3 Å². The molecule has 106 valence electrons. The second-order valence-electron chi connectivity index (χ2n) is 4.60. The molecule has 0 saturated heterocycles. The number of urea groups is 1. The van der Waals surface area contributed by atoms with E-state index in [4.69, 9.17) is 5.11 Å². The second kappa shape index (κ2) is 8.50. The number of nitrogens with zero attached hydrogens (tertiary/aromatic N) is 2. The first-order chi connectivity index (χ1) is 9.13. The van der Waals surface area contributed by atoms with E-state index in [2.05, 4.69) is 22.3 Å². The first-order valence-electron chi connectivity index (χ1n) is 6.45. The molecular formula is C14H23N3O2. The molecule has 0 bridgehead atoms. The van der Waals surface area contributed by atoms with E-state index in [1.165, 1.54) is 10.5 Å². The summed E-state index contributed by atoms with van der Waals surface area (Å²) in [6.07, 6.45) is 0. The number of benzene rings is 1. The highest BCUT2D eigenvalue weighted by Crippen LogP contribution is 2.01. The summed E-state index contributed by atoms with van der Waals surface area (Å²) in [7, 11) is 3.69. The van der Waals surface area contributed by atoms with Gasteiger partial charge in [-0.2, -0.15) is 0 Å². The number of aliphatic hydroxyl groups excluding tert-OH is 1. The first kappa shape index (κ1) is 15.5. The van der Waals surface area contributed by atoms with Gasteiger partial charge in [-0.25, -0.2) is 4.79 Å². The molecule has 0 heterocycles. The molecule has 2 N–H and O–H groups in total. The average Bonchev–Trinajstić information content (AvgIpc) is 2.40. The van der Waals surface area contributed by atoms with Gasteiger partial charge in [0.15, 0.2) is 0 Å². The number of hydrogen-bond donors (Lipinski definition) is 2. The fourth-order valence-corrected chi connectivity index (χ4v) is 1.71. The van der Waals surface area contributed by atoms with Crippen LogP contribution in [0.2, 0.25) is 0 Å². The van der Waals surface area contributed by atoms with Crippen LogP contribution in [0.15, 0.2) is 30.3 Å². The Balaban J connectivity index is 2.20. The third-order valence-corrected chi connectivity index (χ3v) is 2.85. The highest BCUT2D eigenvalue weighted by molar-refractivity contribution is 5.73. The van der Waals surface area contributed by atoms with Gasteiger partial charge >= 0.3 is 6.03 Å². The molecule has 5 nitrogen and oxygen atoms in total. The van der Waals surface area contributed by atoms with E-state index in [0.29, 0.717) is 13.1 Å². The predicted octanol–water partition coefficient (Wildman–Crippen LogP) is 0.752. The van der Waals surface area contributed by atoms with Crippen molar-refractivity contribution in [2.45, 2.75) is 6.54 Å². The van der Waals surface area contributed by atoms with Crippen LogP contribution in [0.1, 0.15) is 5.56 Å². The van der Waals surface area contributed by atoms with Crippen LogP contribution in [0.3, 0.4) is 0 Å². The van der Waals surface area contributed by atoms with Crippen molar-refractivity contribution < 1.29 is 9.90 Å². The van der Waals surface area contributed by atoms with Gasteiger partial charge in [-0.3, -0.25) is 0 Å². The lowest BCUT2D eigenvalue weighted by Gasteiger charge is -2.20. The summed E-state index contributed by atoms with van der Waals surface area (Å²) in [4.78, 5) is 15.2. The van der Waals surface area contributed by atoms with Crippen LogP contribution in [0.25, 0.3) is 0 Å². The van der Waals surface area contributed by atoms with Gasteiger partial charge in [0.1, 0.15) is 0 Å². The minimum atomic E-state index is -0.151. The van der Waals surface area contributed by atoms with E-state index < -0.39 is 0 Å². The Morgan fingerprint density at radius 3 is 2.53 bits per heavy atom. The lowest BCUT2D eigenvalue weighted by Crippen LogP contribution is -2.41. The minimum absolute atomic E-state index is 0.0160. The molecule has 19 heavy (non-hydrogen) atoms. The van der Waals surface area contributed by atoms with E-state index in [1.54, 1.807) is 7.05 Å². The van der Waals surface area contributed by atoms with Crippen LogP contribution in [0.4, 0.5) is 4.79 Å². The van der Waals surface area contributed by atoms with Gasteiger partial charge in [0.05, 0.1) is 6.61 Å². The number of rotatable bonds is 7. The molecule has 2 amide bonds. The van der Waals surface area contributed by atoms with Crippen LogP contribution >= 0.6 is 0 Å². The largest absolute Gasteiger partial charge is 0.395 e. The monoisotopic (exact) mass is 265 g/mol. The molecule has 1 rings (SSSR count). The molecule has 0 aliphatic carbocycles. The summed E-state index contributed by atoms with van der Waals surface area (Å²) in [6, 6.07) is 10.1. The number of hydrogen-bond acceptors (Lipinski definition) is 3. The Morgan fingerprint density at radius 2 is 1.89 bits per heavy atom. The maximum atomic E-state index is 11.6.